The SMILES string of the molecule is CN.Cc1[nH]c(/C=C2\C(=O)Nc3ccc(C(=O)NC(C)c4ccccc4)cc32)c(C)c1C(=O)NCC(O)c1ccco1. The summed E-state index contributed by atoms with van der Waals surface area (Å²) < 4.78 is 5.18. The minimum Gasteiger partial charge on any atom is -0.467 e. The van der Waals surface area contributed by atoms with Crippen LogP contribution in [-0.2, 0) is 4.79 Å². The van der Waals surface area contributed by atoms with Crippen LogP contribution >= 0.6 is 0 Å². The number of amides is 3. The smallest absolute Gasteiger partial charge is 0.256 e. The maximum Gasteiger partial charge on any atom is 0.256 e. The molecule has 3 amide bonds. The molecule has 0 saturated carbocycles. The molecular weight excluding hydrogens is 534 g/mol. The van der Waals surface area contributed by atoms with E-state index in [2.05, 4.69) is 26.7 Å². The number of carbonyl (C=O) groups is 3. The van der Waals surface area contributed by atoms with Crippen LogP contribution in [0.2, 0.25) is 0 Å². The van der Waals surface area contributed by atoms with Crippen LogP contribution in [0, 0.1) is 13.8 Å². The summed E-state index contributed by atoms with van der Waals surface area (Å²) in [7, 11) is 1.50. The molecule has 2 aromatic heterocycles. The number of hydrogen-bond acceptors (Lipinski definition) is 6. The number of rotatable bonds is 8. The summed E-state index contributed by atoms with van der Waals surface area (Å²) in [6.45, 7) is 5.46. The van der Waals surface area contributed by atoms with Gasteiger partial charge in [-0.2, -0.15) is 0 Å². The van der Waals surface area contributed by atoms with Crippen LogP contribution in [0.15, 0.2) is 71.3 Å². The number of carbonyl (C=O) groups excluding carboxylic acids is 3. The summed E-state index contributed by atoms with van der Waals surface area (Å²) in [4.78, 5) is 42.1. The third kappa shape index (κ3) is 6.35. The molecule has 2 atom stereocenters. The lowest BCUT2D eigenvalue weighted by Crippen LogP contribution is -2.29. The van der Waals surface area contributed by atoms with Crippen molar-refractivity contribution < 1.29 is 23.9 Å². The lowest BCUT2D eigenvalue weighted by molar-refractivity contribution is -0.110. The van der Waals surface area contributed by atoms with Crippen LogP contribution in [0.4, 0.5) is 5.69 Å². The quantitative estimate of drug-likeness (QED) is 0.174. The maximum absolute atomic E-state index is 13.0. The number of aryl methyl sites for hydroxylation is 1. The molecule has 2 unspecified atom stereocenters. The molecule has 3 heterocycles. The van der Waals surface area contributed by atoms with Gasteiger partial charge in [-0.3, -0.25) is 14.4 Å². The second-order valence-corrected chi connectivity index (χ2v) is 9.78. The van der Waals surface area contributed by atoms with Crippen LogP contribution in [0.5, 0.6) is 0 Å². The second kappa shape index (κ2) is 13.2. The molecular formula is C32H35N5O5. The zero-order chi connectivity index (χ0) is 30.4. The summed E-state index contributed by atoms with van der Waals surface area (Å²) in [5.74, 6) is -0.545. The van der Waals surface area contributed by atoms with E-state index in [9.17, 15) is 19.5 Å². The summed E-state index contributed by atoms with van der Waals surface area (Å²) in [5.41, 5.74) is 9.81. The Hall–Kier alpha value is -4.93. The molecule has 0 bridgehead atoms. The molecule has 2 aromatic carbocycles. The molecule has 0 spiro atoms. The molecule has 0 aliphatic carbocycles. The Labute approximate surface area is 244 Å². The number of fused-ring (bicyclic) bond motifs is 1. The number of anilines is 1. The van der Waals surface area contributed by atoms with Crippen molar-refractivity contribution >= 4 is 35.1 Å². The highest BCUT2D eigenvalue weighted by Gasteiger charge is 2.27. The van der Waals surface area contributed by atoms with Crippen LogP contribution < -0.4 is 21.7 Å². The fourth-order valence-electron chi connectivity index (χ4n) is 4.84. The molecule has 42 heavy (non-hydrogen) atoms. The van der Waals surface area contributed by atoms with E-state index in [0.717, 1.165) is 5.56 Å². The predicted molar refractivity (Wildman–Crippen MR) is 162 cm³/mol. The number of nitrogens with one attached hydrogen (secondary N) is 4. The van der Waals surface area contributed by atoms with Crippen molar-refractivity contribution in [2.24, 2.45) is 5.73 Å². The first-order valence-corrected chi connectivity index (χ1v) is 13.5. The normalized spacial score (nSPS) is 14.3. The van der Waals surface area contributed by atoms with Gasteiger partial charge in [-0.25, -0.2) is 0 Å². The summed E-state index contributed by atoms with van der Waals surface area (Å²) in [6, 6.07) is 17.9. The van der Waals surface area contributed by atoms with Crippen molar-refractivity contribution in [3.8, 4) is 0 Å². The number of benzene rings is 2. The molecule has 0 radical (unpaired) electrons. The van der Waals surface area contributed by atoms with E-state index in [-0.39, 0.29) is 30.3 Å². The van der Waals surface area contributed by atoms with Crippen LogP contribution in [0.25, 0.3) is 11.6 Å². The highest BCUT2D eigenvalue weighted by atomic mass is 16.4. The van der Waals surface area contributed by atoms with Crippen molar-refractivity contribution in [1.82, 2.24) is 15.6 Å². The lowest BCUT2D eigenvalue weighted by atomic mass is 10.0. The second-order valence-electron chi connectivity index (χ2n) is 9.78. The molecule has 1 aliphatic rings. The average Bonchev–Trinajstić information content (AvgIpc) is 3.71. The Morgan fingerprint density at radius 3 is 2.48 bits per heavy atom. The number of aliphatic hydroxyl groups is 1. The van der Waals surface area contributed by atoms with Gasteiger partial charge >= 0.3 is 0 Å². The van der Waals surface area contributed by atoms with Gasteiger partial charge in [0, 0.05) is 28.2 Å². The zero-order valence-corrected chi connectivity index (χ0v) is 23.9. The molecule has 5 rings (SSSR count). The Morgan fingerprint density at radius 2 is 1.79 bits per heavy atom. The van der Waals surface area contributed by atoms with Crippen molar-refractivity contribution in [2.75, 3.05) is 18.9 Å². The zero-order valence-electron chi connectivity index (χ0n) is 23.9. The fourth-order valence-corrected chi connectivity index (χ4v) is 4.84. The van der Waals surface area contributed by atoms with Gasteiger partial charge in [0.05, 0.1) is 30.0 Å². The minimum absolute atomic E-state index is 0.0175. The van der Waals surface area contributed by atoms with Gasteiger partial charge in [0.2, 0.25) is 0 Å². The number of nitrogens with two attached hydrogens (primary N) is 1. The number of aromatic amines is 1. The van der Waals surface area contributed by atoms with Gasteiger partial charge in [0.25, 0.3) is 17.7 Å². The highest BCUT2D eigenvalue weighted by Crippen LogP contribution is 2.35. The van der Waals surface area contributed by atoms with Gasteiger partial charge in [-0.1, -0.05) is 30.3 Å². The number of furan rings is 1. The molecule has 4 aromatic rings. The molecule has 7 N–H and O–H groups in total. The molecule has 10 nitrogen and oxygen atoms in total. The first-order chi connectivity index (χ1) is 20.2. The molecule has 1 aliphatic heterocycles. The molecule has 218 valence electrons. The Morgan fingerprint density at radius 1 is 1.05 bits per heavy atom. The van der Waals surface area contributed by atoms with Gasteiger partial charge in [-0.15, -0.1) is 0 Å². The number of aromatic nitrogens is 1. The van der Waals surface area contributed by atoms with Gasteiger partial charge in [0.15, 0.2) is 0 Å². The number of aliphatic hydroxyl groups excluding tert-OH is 1. The van der Waals surface area contributed by atoms with E-state index in [1.807, 2.05) is 37.3 Å². The molecule has 0 saturated heterocycles. The standard InChI is InChI=1S/C31H30N4O5.CH5N/c1-17-25(33-19(3)28(17)31(39)32-16-26(36)27-10-7-13-40-27)15-23-22-14-21(11-12-24(22)35-30(23)38)29(37)34-18(2)20-8-5-4-6-9-20;1-2/h4-15,18,26,33,36H,16H2,1-3H3,(H,32,39)(H,34,37)(H,35,38);2H2,1H3/b23-15-;. The van der Waals surface area contributed by atoms with Gasteiger partial charge in [0.1, 0.15) is 11.9 Å². The van der Waals surface area contributed by atoms with Crippen LogP contribution in [0.1, 0.15) is 73.6 Å². The van der Waals surface area contributed by atoms with Gasteiger partial charge < -0.3 is 36.2 Å². The van der Waals surface area contributed by atoms with Crippen molar-refractivity contribution in [3.63, 3.8) is 0 Å². The third-order valence-corrected chi connectivity index (χ3v) is 7.03. The molecule has 10 heteroatoms. The Kier molecular flexibility index (Phi) is 9.41. The van der Waals surface area contributed by atoms with Crippen LogP contribution in [0.3, 0.4) is 0 Å². The Bertz CT molecular complexity index is 1610. The minimum atomic E-state index is -0.971. The first-order valence-electron chi connectivity index (χ1n) is 13.5. The number of H-pyrrole nitrogens is 1. The largest absolute Gasteiger partial charge is 0.467 e. The first kappa shape index (κ1) is 30.0. The lowest BCUT2D eigenvalue weighted by Gasteiger charge is -2.14. The highest BCUT2D eigenvalue weighted by molar-refractivity contribution is 6.35. The average molecular weight is 570 g/mol. The predicted octanol–water partition coefficient (Wildman–Crippen LogP) is 4.25. The number of hydrogen-bond donors (Lipinski definition) is 6. The fraction of sp³-hybridized carbons (Fsp3) is 0.219. The van der Waals surface area contributed by atoms with Crippen LogP contribution in [-0.4, -0.2) is 41.4 Å². The monoisotopic (exact) mass is 569 g/mol. The molecule has 0 fully saturated rings. The van der Waals surface area contributed by atoms with E-state index in [1.165, 1.54) is 13.3 Å². The van der Waals surface area contributed by atoms with E-state index < -0.39 is 6.10 Å². The van der Waals surface area contributed by atoms with Crippen molar-refractivity contribution in [3.05, 3.63) is 112 Å². The van der Waals surface area contributed by atoms with E-state index >= 15 is 0 Å². The third-order valence-electron chi connectivity index (χ3n) is 7.03. The summed E-state index contributed by atoms with van der Waals surface area (Å²) >= 11 is 0. The summed E-state index contributed by atoms with van der Waals surface area (Å²) in [6.07, 6.45) is 2.17. The van der Waals surface area contributed by atoms with Gasteiger partial charge in [-0.05, 0) is 75.4 Å². The maximum atomic E-state index is 13.0. The Balaban J connectivity index is 0.00000198. The topological polar surface area (TPSA) is 162 Å². The van der Waals surface area contributed by atoms with Crippen molar-refractivity contribution in [2.45, 2.75) is 32.9 Å². The van der Waals surface area contributed by atoms with E-state index in [4.69, 9.17) is 4.42 Å². The van der Waals surface area contributed by atoms with Crippen molar-refractivity contribution in [1.29, 1.82) is 0 Å². The summed E-state index contributed by atoms with van der Waals surface area (Å²) in [5, 5.41) is 18.8. The van der Waals surface area contributed by atoms with E-state index in [0.29, 0.717) is 50.7 Å². The van der Waals surface area contributed by atoms with E-state index in [1.54, 1.807) is 50.3 Å².